The van der Waals surface area contributed by atoms with E-state index in [1.165, 1.54) is 0 Å². The van der Waals surface area contributed by atoms with Gasteiger partial charge in [0.1, 0.15) is 0 Å². The number of aromatic nitrogens is 2. The molecule has 0 saturated carbocycles. The molecule has 0 bridgehead atoms. The maximum absolute atomic E-state index is 12.8. The van der Waals surface area contributed by atoms with Gasteiger partial charge in [0.05, 0.1) is 18.4 Å². The Balaban J connectivity index is 2.17. The molecule has 14 heavy (non-hydrogen) atoms. The number of nitrogens with zero attached hydrogens (tertiary/aromatic N) is 3. The average molecular weight is 196 g/mol. The summed E-state index contributed by atoms with van der Waals surface area (Å²) in [6.45, 7) is 4.73. The Morgan fingerprint density at radius 2 is 2.36 bits per heavy atom. The third-order valence-electron chi connectivity index (χ3n) is 2.43. The van der Waals surface area contributed by atoms with Gasteiger partial charge in [0, 0.05) is 19.6 Å². The van der Waals surface area contributed by atoms with Crippen LogP contribution in [0, 0.1) is 5.95 Å². The molecule has 1 fully saturated rings. The minimum Gasteiger partial charge on any atom is -0.350 e. The van der Waals surface area contributed by atoms with Crippen LogP contribution in [-0.4, -0.2) is 35.6 Å². The second kappa shape index (κ2) is 3.88. The van der Waals surface area contributed by atoms with E-state index in [2.05, 4.69) is 20.2 Å². The van der Waals surface area contributed by atoms with Crippen molar-refractivity contribution in [3.63, 3.8) is 0 Å². The quantitative estimate of drug-likeness (QED) is 0.760. The predicted octanol–water partition coefficient (Wildman–Crippen LogP) is 0.414. The summed E-state index contributed by atoms with van der Waals surface area (Å²) in [5.41, 5.74) is 0. The Kier molecular flexibility index (Phi) is 2.58. The van der Waals surface area contributed by atoms with Gasteiger partial charge in [-0.15, -0.1) is 0 Å². The van der Waals surface area contributed by atoms with E-state index in [1.54, 1.807) is 6.20 Å². The maximum atomic E-state index is 12.8. The zero-order valence-electron chi connectivity index (χ0n) is 8.07. The number of rotatable bonds is 3. The highest BCUT2D eigenvalue weighted by molar-refractivity contribution is 5.37. The van der Waals surface area contributed by atoms with Crippen molar-refractivity contribution in [2.45, 2.75) is 13.0 Å². The van der Waals surface area contributed by atoms with Gasteiger partial charge in [0.15, 0.2) is 5.82 Å². The van der Waals surface area contributed by atoms with E-state index in [0.717, 1.165) is 25.8 Å². The molecule has 1 aliphatic heterocycles. The fourth-order valence-corrected chi connectivity index (χ4v) is 1.57. The molecule has 1 aromatic heterocycles. The van der Waals surface area contributed by atoms with Crippen molar-refractivity contribution in [2.75, 3.05) is 24.5 Å². The Morgan fingerprint density at radius 3 is 2.86 bits per heavy atom. The summed E-state index contributed by atoms with van der Waals surface area (Å²) >= 11 is 0. The molecule has 1 saturated heterocycles. The van der Waals surface area contributed by atoms with Gasteiger partial charge < -0.3 is 10.2 Å². The Morgan fingerprint density at radius 1 is 1.57 bits per heavy atom. The molecular weight excluding hydrogens is 183 g/mol. The molecule has 1 aromatic rings. The molecule has 76 valence electrons. The van der Waals surface area contributed by atoms with Gasteiger partial charge in [-0.1, -0.05) is 0 Å². The van der Waals surface area contributed by atoms with E-state index in [-0.39, 0.29) is 0 Å². The zero-order valence-corrected chi connectivity index (χ0v) is 8.07. The van der Waals surface area contributed by atoms with Crippen molar-refractivity contribution < 1.29 is 4.39 Å². The van der Waals surface area contributed by atoms with Crippen LogP contribution in [0.3, 0.4) is 0 Å². The molecule has 0 amide bonds. The van der Waals surface area contributed by atoms with Crippen LogP contribution >= 0.6 is 0 Å². The third-order valence-corrected chi connectivity index (χ3v) is 2.43. The molecule has 1 N–H and O–H groups in total. The lowest BCUT2D eigenvalue weighted by atomic mass is 10.1. The molecule has 1 aliphatic rings. The summed E-state index contributed by atoms with van der Waals surface area (Å²) < 4.78 is 12.8. The topological polar surface area (TPSA) is 41.1 Å². The average Bonchev–Trinajstić information content (AvgIpc) is 2.10. The Bertz CT molecular complexity index is 313. The second-order valence-electron chi connectivity index (χ2n) is 3.30. The van der Waals surface area contributed by atoms with Crippen LogP contribution in [0.2, 0.25) is 0 Å². The lowest BCUT2D eigenvalue weighted by Crippen LogP contribution is -2.57. The summed E-state index contributed by atoms with van der Waals surface area (Å²) in [6.07, 6.45) is 2.72. The molecule has 0 unspecified atom stereocenters. The van der Waals surface area contributed by atoms with E-state index in [0.29, 0.717) is 11.9 Å². The lowest BCUT2D eigenvalue weighted by molar-refractivity contribution is 0.413. The second-order valence-corrected chi connectivity index (χ2v) is 3.30. The maximum Gasteiger partial charge on any atom is 0.233 e. The van der Waals surface area contributed by atoms with Crippen LogP contribution in [0.25, 0.3) is 0 Å². The van der Waals surface area contributed by atoms with Gasteiger partial charge in [-0.2, -0.15) is 9.37 Å². The van der Waals surface area contributed by atoms with Crippen LogP contribution in [0.1, 0.15) is 6.92 Å². The number of hydrogen-bond donors (Lipinski definition) is 1. The molecule has 4 nitrogen and oxygen atoms in total. The summed E-state index contributed by atoms with van der Waals surface area (Å²) in [7, 11) is 0. The van der Waals surface area contributed by atoms with E-state index in [1.807, 2.05) is 6.92 Å². The van der Waals surface area contributed by atoms with Gasteiger partial charge >= 0.3 is 0 Å². The molecule has 0 radical (unpaired) electrons. The monoisotopic (exact) mass is 196 g/mol. The van der Waals surface area contributed by atoms with Gasteiger partial charge in [-0.25, -0.2) is 0 Å². The summed E-state index contributed by atoms with van der Waals surface area (Å²) in [4.78, 5) is 9.67. The summed E-state index contributed by atoms with van der Waals surface area (Å²) in [5, 5.41) is 3.18. The smallest absolute Gasteiger partial charge is 0.233 e. The first-order valence-electron chi connectivity index (χ1n) is 4.76. The molecule has 5 heteroatoms. The van der Waals surface area contributed by atoms with Gasteiger partial charge in [0.25, 0.3) is 0 Å². The van der Waals surface area contributed by atoms with Crippen LogP contribution in [-0.2, 0) is 0 Å². The molecule has 0 atom stereocenters. The van der Waals surface area contributed by atoms with Crippen molar-refractivity contribution in [3.05, 3.63) is 18.3 Å². The third kappa shape index (κ3) is 1.68. The van der Waals surface area contributed by atoms with Crippen LogP contribution in [0.4, 0.5) is 10.2 Å². The minimum atomic E-state index is -0.520. The molecule has 0 spiro atoms. The molecule has 2 heterocycles. The van der Waals surface area contributed by atoms with Gasteiger partial charge in [-0.3, -0.25) is 4.98 Å². The fourth-order valence-electron chi connectivity index (χ4n) is 1.57. The van der Waals surface area contributed by atoms with Crippen LogP contribution in [0.15, 0.2) is 12.4 Å². The van der Waals surface area contributed by atoms with Crippen molar-refractivity contribution in [3.8, 4) is 0 Å². The Labute approximate surface area is 82.2 Å². The summed E-state index contributed by atoms with van der Waals surface area (Å²) in [6, 6.07) is 0.427. The van der Waals surface area contributed by atoms with E-state index >= 15 is 0 Å². The van der Waals surface area contributed by atoms with Crippen molar-refractivity contribution in [1.29, 1.82) is 0 Å². The van der Waals surface area contributed by atoms with E-state index < -0.39 is 5.95 Å². The van der Waals surface area contributed by atoms with Crippen molar-refractivity contribution in [2.24, 2.45) is 0 Å². The number of anilines is 1. The fraction of sp³-hybridized carbons (Fsp3) is 0.556. The van der Waals surface area contributed by atoms with Gasteiger partial charge in [-0.05, 0) is 6.92 Å². The highest BCUT2D eigenvalue weighted by Crippen LogP contribution is 2.14. The molecule has 2 rings (SSSR count). The number of hydrogen-bond acceptors (Lipinski definition) is 4. The van der Waals surface area contributed by atoms with E-state index in [9.17, 15) is 4.39 Å². The number of halogens is 1. The van der Waals surface area contributed by atoms with Crippen molar-refractivity contribution in [1.82, 2.24) is 15.3 Å². The highest BCUT2D eigenvalue weighted by atomic mass is 19.1. The van der Waals surface area contributed by atoms with Gasteiger partial charge in [0.2, 0.25) is 5.95 Å². The zero-order chi connectivity index (χ0) is 9.97. The first-order chi connectivity index (χ1) is 6.81. The van der Waals surface area contributed by atoms with Crippen molar-refractivity contribution >= 4 is 5.82 Å². The molecular formula is C9H13FN4. The predicted molar refractivity (Wildman–Crippen MR) is 51.7 cm³/mol. The number of nitrogens with one attached hydrogen (secondary N) is 1. The SMILES string of the molecule is CCN(c1cncc(F)n1)C1CNC1. The summed E-state index contributed by atoms with van der Waals surface area (Å²) in [5.74, 6) is 0.104. The first kappa shape index (κ1) is 9.33. The standard InChI is InChI=1S/C9H13FN4/c1-2-14(7-3-11-4-7)9-6-12-5-8(10)13-9/h5-7,11H,2-4H2,1H3. The molecule has 0 aliphatic carbocycles. The Hall–Kier alpha value is -1.23. The number of likely N-dealkylation sites (N-methyl/N-ethyl adjacent to an activating group) is 1. The van der Waals surface area contributed by atoms with E-state index in [4.69, 9.17) is 0 Å². The largest absolute Gasteiger partial charge is 0.350 e. The minimum absolute atomic E-state index is 0.427. The lowest BCUT2D eigenvalue weighted by Gasteiger charge is -2.38. The normalized spacial score (nSPS) is 16.4. The molecule has 0 aromatic carbocycles. The van der Waals surface area contributed by atoms with Crippen LogP contribution < -0.4 is 10.2 Å². The van der Waals surface area contributed by atoms with Crippen LogP contribution in [0.5, 0.6) is 0 Å². The highest BCUT2D eigenvalue weighted by Gasteiger charge is 2.24. The first-order valence-corrected chi connectivity index (χ1v) is 4.76.